The van der Waals surface area contributed by atoms with E-state index in [0.29, 0.717) is 11.7 Å². The lowest BCUT2D eigenvalue weighted by molar-refractivity contribution is -0.124. The van der Waals surface area contributed by atoms with Gasteiger partial charge in [0, 0.05) is 5.92 Å². The van der Waals surface area contributed by atoms with Crippen molar-refractivity contribution in [3.8, 4) is 0 Å². The van der Waals surface area contributed by atoms with Crippen molar-refractivity contribution in [1.29, 1.82) is 0 Å². The minimum atomic E-state index is 0.427. The minimum absolute atomic E-state index is 0.427. The van der Waals surface area contributed by atoms with Crippen LogP contribution in [0.25, 0.3) is 0 Å². The SMILES string of the molecule is CC(=O)C1C2CCC(C2)C1CC(C)C. The number of Topliss-reactive ketones (excluding diaryl/α,β-unsaturated/α-hetero) is 1. The van der Waals surface area contributed by atoms with Crippen molar-refractivity contribution in [3.05, 3.63) is 0 Å². The van der Waals surface area contributed by atoms with E-state index >= 15 is 0 Å². The molecule has 0 spiro atoms. The van der Waals surface area contributed by atoms with Gasteiger partial charge in [-0.05, 0) is 56.3 Å². The van der Waals surface area contributed by atoms with E-state index in [9.17, 15) is 4.79 Å². The van der Waals surface area contributed by atoms with Gasteiger partial charge in [0.2, 0.25) is 0 Å². The predicted molar refractivity (Wildman–Crippen MR) is 57.9 cm³/mol. The lowest BCUT2D eigenvalue weighted by Crippen LogP contribution is -2.29. The first-order valence-electron chi connectivity index (χ1n) is 6.10. The van der Waals surface area contributed by atoms with Crippen molar-refractivity contribution in [1.82, 2.24) is 0 Å². The van der Waals surface area contributed by atoms with Gasteiger partial charge >= 0.3 is 0 Å². The number of carbonyl (C=O) groups excluding carboxylic acids is 1. The van der Waals surface area contributed by atoms with E-state index in [0.717, 1.165) is 23.7 Å². The van der Waals surface area contributed by atoms with E-state index < -0.39 is 0 Å². The van der Waals surface area contributed by atoms with Crippen molar-refractivity contribution >= 4 is 5.78 Å². The molecule has 1 heteroatoms. The average Bonchev–Trinajstić information content (AvgIpc) is 2.61. The lowest BCUT2D eigenvalue weighted by atomic mass is 9.74. The van der Waals surface area contributed by atoms with Crippen LogP contribution in [0.4, 0.5) is 0 Å². The summed E-state index contributed by atoms with van der Waals surface area (Å²) in [6.07, 6.45) is 5.34. The highest BCUT2D eigenvalue weighted by molar-refractivity contribution is 5.79. The van der Waals surface area contributed by atoms with Crippen molar-refractivity contribution in [2.75, 3.05) is 0 Å². The number of hydrogen-bond acceptors (Lipinski definition) is 1. The van der Waals surface area contributed by atoms with Crippen LogP contribution in [0.1, 0.15) is 46.5 Å². The summed E-state index contributed by atoms with van der Waals surface area (Å²) in [7, 11) is 0. The Morgan fingerprint density at radius 1 is 1.29 bits per heavy atom. The van der Waals surface area contributed by atoms with Gasteiger partial charge in [0.15, 0.2) is 0 Å². The molecule has 2 aliphatic rings. The molecule has 0 saturated heterocycles. The van der Waals surface area contributed by atoms with Crippen LogP contribution in [0, 0.1) is 29.6 Å². The molecule has 14 heavy (non-hydrogen) atoms. The summed E-state index contributed by atoms with van der Waals surface area (Å²) in [6, 6.07) is 0. The second-order valence-corrected chi connectivity index (χ2v) is 5.76. The van der Waals surface area contributed by atoms with Gasteiger partial charge in [0.05, 0.1) is 0 Å². The van der Waals surface area contributed by atoms with E-state index in [1.165, 1.54) is 25.7 Å². The highest BCUT2D eigenvalue weighted by Crippen LogP contribution is 2.54. The molecule has 2 aliphatic carbocycles. The molecule has 0 aromatic rings. The van der Waals surface area contributed by atoms with Crippen LogP contribution in [0.3, 0.4) is 0 Å². The third-order valence-corrected chi connectivity index (χ3v) is 4.30. The van der Waals surface area contributed by atoms with Crippen LogP contribution in [0.5, 0.6) is 0 Å². The van der Waals surface area contributed by atoms with Crippen molar-refractivity contribution in [2.45, 2.75) is 46.5 Å². The molecule has 4 atom stereocenters. The van der Waals surface area contributed by atoms with Crippen LogP contribution in [0.15, 0.2) is 0 Å². The van der Waals surface area contributed by atoms with E-state index in [1.54, 1.807) is 6.92 Å². The summed E-state index contributed by atoms with van der Waals surface area (Å²) >= 11 is 0. The van der Waals surface area contributed by atoms with Crippen LogP contribution >= 0.6 is 0 Å². The van der Waals surface area contributed by atoms with Crippen molar-refractivity contribution < 1.29 is 4.79 Å². The zero-order chi connectivity index (χ0) is 10.3. The normalized spacial score (nSPS) is 40.9. The van der Waals surface area contributed by atoms with Gasteiger partial charge in [0.1, 0.15) is 5.78 Å². The van der Waals surface area contributed by atoms with Crippen LogP contribution in [-0.4, -0.2) is 5.78 Å². The number of carbonyl (C=O) groups is 1. The monoisotopic (exact) mass is 194 g/mol. The molecule has 2 bridgehead atoms. The molecule has 0 amide bonds. The second-order valence-electron chi connectivity index (χ2n) is 5.76. The highest BCUT2D eigenvalue weighted by Gasteiger charge is 2.48. The molecule has 0 aromatic heterocycles. The van der Waals surface area contributed by atoms with E-state index in [1.807, 2.05) is 0 Å². The summed E-state index contributed by atoms with van der Waals surface area (Å²) < 4.78 is 0. The molecule has 0 aromatic carbocycles. The second kappa shape index (κ2) is 3.67. The summed E-state index contributed by atoms with van der Waals surface area (Å²) in [5.41, 5.74) is 0. The third kappa shape index (κ3) is 1.62. The molecule has 0 N–H and O–H groups in total. The first-order valence-corrected chi connectivity index (χ1v) is 6.10. The van der Waals surface area contributed by atoms with Crippen LogP contribution in [-0.2, 0) is 4.79 Å². The summed E-state index contributed by atoms with van der Waals surface area (Å²) in [6.45, 7) is 6.37. The van der Waals surface area contributed by atoms with E-state index in [2.05, 4.69) is 13.8 Å². The quantitative estimate of drug-likeness (QED) is 0.674. The molecule has 2 rings (SSSR count). The molecule has 1 nitrogen and oxygen atoms in total. The molecule has 2 fully saturated rings. The first kappa shape index (κ1) is 10.2. The minimum Gasteiger partial charge on any atom is -0.300 e. The topological polar surface area (TPSA) is 17.1 Å². The summed E-state index contributed by atoms with van der Waals surface area (Å²) in [4.78, 5) is 11.6. The Kier molecular flexibility index (Phi) is 2.68. The average molecular weight is 194 g/mol. The molecular formula is C13H22O. The fourth-order valence-corrected chi connectivity index (χ4v) is 3.93. The molecular weight excluding hydrogens is 172 g/mol. The Hall–Kier alpha value is -0.330. The molecule has 80 valence electrons. The Morgan fingerprint density at radius 2 is 1.93 bits per heavy atom. The number of hydrogen-bond donors (Lipinski definition) is 0. The van der Waals surface area contributed by atoms with Gasteiger partial charge < -0.3 is 0 Å². The Labute approximate surface area is 87.3 Å². The molecule has 0 heterocycles. The third-order valence-electron chi connectivity index (χ3n) is 4.30. The maximum atomic E-state index is 11.6. The molecule has 0 radical (unpaired) electrons. The largest absolute Gasteiger partial charge is 0.300 e. The smallest absolute Gasteiger partial charge is 0.133 e. The van der Waals surface area contributed by atoms with Crippen molar-refractivity contribution in [2.24, 2.45) is 29.6 Å². The Morgan fingerprint density at radius 3 is 2.50 bits per heavy atom. The standard InChI is InChI=1S/C13H22O/c1-8(2)6-12-10-4-5-11(7-10)13(12)9(3)14/h8,10-13H,4-7H2,1-3H3. The summed E-state index contributed by atoms with van der Waals surface area (Å²) in [5.74, 6) is 4.00. The van der Waals surface area contributed by atoms with Crippen molar-refractivity contribution in [3.63, 3.8) is 0 Å². The molecule has 4 unspecified atom stereocenters. The molecule has 2 saturated carbocycles. The number of ketones is 1. The van der Waals surface area contributed by atoms with Gasteiger partial charge in [0.25, 0.3) is 0 Å². The van der Waals surface area contributed by atoms with Gasteiger partial charge in [-0.2, -0.15) is 0 Å². The fraction of sp³-hybridized carbons (Fsp3) is 0.923. The van der Waals surface area contributed by atoms with E-state index in [-0.39, 0.29) is 0 Å². The molecule has 0 aliphatic heterocycles. The first-order chi connectivity index (χ1) is 6.59. The van der Waals surface area contributed by atoms with Crippen LogP contribution in [0.2, 0.25) is 0 Å². The van der Waals surface area contributed by atoms with Gasteiger partial charge in [-0.25, -0.2) is 0 Å². The maximum Gasteiger partial charge on any atom is 0.133 e. The van der Waals surface area contributed by atoms with Gasteiger partial charge in [-0.15, -0.1) is 0 Å². The van der Waals surface area contributed by atoms with Crippen LogP contribution < -0.4 is 0 Å². The van der Waals surface area contributed by atoms with E-state index in [4.69, 9.17) is 0 Å². The van der Waals surface area contributed by atoms with Gasteiger partial charge in [-0.3, -0.25) is 4.79 Å². The number of fused-ring (bicyclic) bond motifs is 2. The zero-order valence-electron chi connectivity index (χ0n) is 9.62. The fourth-order valence-electron chi connectivity index (χ4n) is 3.93. The Balaban J connectivity index is 2.09. The zero-order valence-corrected chi connectivity index (χ0v) is 9.62. The maximum absolute atomic E-state index is 11.6. The Bertz CT molecular complexity index is 231. The predicted octanol–water partition coefficient (Wildman–Crippen LogP) is 3.28. The lowest BCUT2D eigenvalue weighted by Gasteiger charge is -2.30. The summed E-state index contributed by atoms with van der Waals surface area (Å²) in [5, 5.41) is 0. The van der Waals surface area contributed by atoms with Gasteiger partial charge in [-0.1, -0.05) is 13.8 Å². The highest BCUT2D eigenvalue weighted by atomic mass is 16.1. The number of rotatable bonds is 3.